The maximum atomic E-state index is 13.5. The Morgan fingerprint density at radius 1 is 1.15 bits per heavy atom. The first-order valence-corrected chi connectivity index (χ1v) is 7.68. The molecule has 140 valence electrons. The molecule has 9 heteroatoms. The van der Waals surface area contributed by atoms with Crippen LogP contribution in [0.5, 0.6) is 5.75 Å². The molecule has 1 N–H and O–H groups in total. The van der Waals surface area contributed by atoms with Gasteiger partial charge in [-0.2, -0.15) is 0 Å². The summed E-state index contributed by atoms with van der Waals surface area (Å²) < 4.78 is 55.0. The number of hydrogen-bond acceptors (Lipinski definition) is 3. The summed E-state index contributed by atoms with van der Waals surface area (Å²) in [4.78, 5) is 16.4. The quantitative estimate of drug-likeness (QED) is 0.546. The van der Waals surface area contributed by atoms with E-state index in [0.29, 0.717) is 16.9 Å². The molecule has 1 heterocycles. The monoisotopic (exact) mass is 379 g/mol. The highest BCUT2D eigenvalue weighted by molar-refractivity contribution is 5.89. The highest BCUT2D eigenvalue weighted by atomic mass is 19.4. The zero-order valence-corrected chi connectivity index (χ0v) is 13.9. The molecule has 0 atom stereocenters. The molecule has 0 radical (unpaired) electrons. The summed E-state index contributed by atoms with van der Waals surface area (Å²) in [5.41, 5.74) is 0.970. The SMILES string of the molecule is Cn1[nH]c(-c2cccc(F)c2)c(C=Nc2ccc(OC(F)(F)F)cc2)c1=O. The van der Waals surface area contributed by atoms with Crippen LogP contribution in [0.15, 0.2) is 58.3 Å². The highest BCUT2D eigenvalue weighted by Gasteiger charge is 2.30. The van der Waals surface area contributed by atoms with Gasteiger partial charge in [-0.05, 0) is 36.4 Å². The molecule has 27 heavy (non-hydrogen) atoms. The van der Waals surface area contributed by atoms with Crippen LogP contribution in [0.3, 0.4) is 0 Å². The molecule has 0 aliphatic rings. The van der Waals surface area contributed by atoms with Gasteiger partial charge < -0.3 is 4.74 Å². The Labute approximate surface area is 150 Å². The van der Waals surface area contributed by atoms with Gasteiger partial charge in [0.2, 0.25) is 0 Å². The molecule has 0 aliphatic carbocycles. The van der Waals surface area contributed by atoms with E-state index < -0.39 is 12.2 Å². The Kier molecular flexibility index (Phi) is 4.85. The molecule has 0 saturated carbocycles. The van der Waals surface area contributed by atoms with E-state index in [4.69, 9.17) is 0 Å². The van der Waals surface area contributed by atoms with Gasteiger partial charge in [0.15, 0.2) is 0 Å². The summed E-state index contributed by atoms with van der Waals surface area (Å²) in [6.07, 6.45) is -3.50. The van der Waals surface area contributed by atoms with Gasteiger partial charge in [0.1, 0.15) is 11.6 Å². The van der Waals surface area contributed by atoms with Gasteiger partial charge in [-0.3, -0.25) is 19.6 Å². The largest absolute Gasteiger partial charge is 0.573 e. The number of ether oxygens (including phenoxy) is 1. The van der Waals surface area contributed by atoms with Gasteiger partial charge in [0.25, 0.3) is 5.56 Å². The Morgan fingerprint density at radius 3 is 2.48 bits per heavy atom. The van der Waals surface area contributed by atoms with E-state index in [2.05, 4.69) is 14.8 Å². The normalized spacial score (nSPS) is 11.9. The molecule has 3 rings (SSSR count). The van der Waals surface area contributed by atoms with Crippen LogP contribution in [0.4, 0.5) is 23.2 Å². The van der Waals surface area contributed by atoms with E-state index in [1.807, 2.05) is 0 Å². The Balaban J connectivity index is 1.90. The van der Waals surface area contributed by atoms with Crippen molar-refractivity contribution in [2.45, 2.75) is 6.36 Å². The smallest absolute Gasteiger partial charge is 0.406 e. The molecular weight excluding hydrogens is 366 g/mol. The maximum absolute atomic E-state index is 13.5. The standard InChI is InChI=1S/C18H13F4N3O2/c1-25-17(26)15(16(24-25)11-3-2-4-12(19)9-11)10-23-13-5-7-14(8-6-13)27-18(20,21)22/h2-10,24H,1H3. The minimum absolute atomic E-state index is 0.193. The van der Waals surface area contributed by atoms with Crippen LogP contribution in [-0.2, 0) is 7.05 Å². The number of nitrogens with one attached hydrogen (secondary N) is 1. The maximum Gasteiger partial charge on any atom is 0.573 e. The number of alkyl halides is 3. The summed E-state index contributed by atoms with van der Waals surface area (Å²) in [5.74, 6) is -0.834. The second-order valence-corrected chi connectivity index (χ2v) is 5.57. The molecule has 0 fully saturated rings. The molecule has 0 amide bonds. The fourth-order valence-corrected chi connectivity index (χ4v) is 2.42. The molecule has 0 aliphatic heterocycles. The highest BCUT2D eigenvalue weighted by Crippen LogP contribution is 2.25. The number of H-pyrrole nitrogens is 1. The van der Waals surface area contributed by atoms with Crippen LogP contribution < -0.4 is 10.3 Å². The molecule has 0 spiro atoms. The number of benzene rings is 2. The lowest BCUT2D eigenvalue weighted by atomic mass is 10.1. The third-order valence-electron chi connectivity index (χ3n) is 3.61. The van der Waals surface area contributed by atoms with E-state index in [1.54, 1.807) is 6.07 Å². The van der Waals surface area contributed by atoms with Crippen molar-refractivity contribution in [3.8, 4) is 17.0 Å². The van der Waals surface area contributed by atoms with Crippen molar-refractivity contribution in [3.05, 3.63) is 70.3 Å². The lowest BCUT2D eigenvalue weighted by molar-refractivity contribution is -0.274. The third-order valence-corrected chi connectivity index (χ3v) is 3.61. The second kappa shape index (κ2) is 7.10. The number of hydrogen-bond donors (Lipinski definition) is 1. The van der Waals surface area contributed by atoms with Gasteiger partial charge >= 0.3 is 6.36 Å². The minimum atomic E-state index is -4.78. The van der Waals surface area contributed by atoms with Gasteiger partial charge in [-0.1, -0.05) is 12.1 Å². The zero-order valence-electron chi connectivity index (χ0n) is 13.9. The number of nitrogens with zero attached hydrogens (tertiary/aromatic N) is 2. The number of aryl methyl sites for hydroxylation is 1. The molecule has 0 bridgehead atoms. The molecule has 5 nitrogen and oxygen atoms in total. The Hall–Kier alpha value is -3.36. The summed E-state index contributed by atoms with van der Waals surface area (Å²) >= 11 is 0. The first-order valence-electron chi connectivity index (χ1n) is 7.68. The molecule has 0 saturated heterocycles. The van der Waals surface area contributed by atoms with Crippen LogP contribution >= 0.6 is 0 Å². The predicted octanol–water partition coefficient (Wildman–Crippen LogP) is 4.17. The van der Waals surface area contributed by atoms with E-state index >= 15 is 0 Å². The van der Waals surface area contributed by atoms with Crippen molar-refractivity contribution in [2.24, 2.45) is 12.0 Å². The summed E-state index contributed by atoms with van der Waals surface area (Å²) in [6, 6.07) is 10.6. The lowest BCUT2D eigenvalue weighted by Gasteiger charge is -2.08. The third kappa shape index (κ3) is 4.43. The van der Waals surface area contributed by atoms with Gasteiger partial charge in [-0.15, -0.1) is 13.2 Å². The van der Waals surface area contributed by atoms with E-state index in [0.717, 1.165) is 12.1 Å². The van der Waals surface area contributed by atoms with Crippen LogP contribution in [0.25, 0.3) is 11.3 Å². The van der Waals surface area contributed by atoms with E-state index in [-0.39, 0.29) is 16.9 Å². The number of rotatable bonds is 4. The van der Waals surface area contributed by atoms with Crippen LogP contribution in [-0.4, -0.2) is 22.4 Å². The summed E-state index contributed by atoms with van der Waals surface area (Å²) in [6.45, 7) is 0. The molecule has 2 aromatic carbocycles. The first kappa shape index (κ1) is 18.4. The lowest BCUT2D eigenvalue weighted by Crippen LogP contribution is -2.16. The van der Waals surface area contributed by atoms with Crippen LogP contribution in [0, 0.1) is 5.82 Å². The molecule has 0 unspecified atom stereocenters. The van der Waals surface area contributed by atoms with Crippen molar-refractivity contribution in [3.63, 3.8) is 0 Å². The summed E-state index contributed by atoms with van der Waals surface area (Å²) in [5, 5.41) is 2.83. The van der Waals surface area contributed by atoms with Crippen LogP contribution in [0.2, 0.25) is 0 Å². The number of aromatic nitrogens is 2. The van der Waals surface area contributed by atoms with Crippen molar-refractivity contribution < 1.29 is 22.3 Å². The predicted molar refractivity (Wildman–Crippen MR) is 91.8 cm³/mol. The zero-order chi connectivity index (χ0) is 19.6. The van der Waals surface area contributed by atoms with Gasteiger partial charge in [0, 0.05) is 18.8 Å². The fraction of sp³-hybridized carbons (Fsp3) is 0.111. The van der Waals surface area contributed by atoms with E-state index in [9.17, 15) is 22.4 Å². The van der Waals surface area contributed by atoms with Gasteiger partial charge in [-0.25, -0.2) is 4.39 Å². The van der Waals surface area contributed by atoms with Crippen LogP contribution in [0.1, 0.15) is 5.56 Å². The topological polar surface area (TPSA) is 59.4 Å². The van der Waals surface area contributed by atoms with Gasteiger partial charge in [0.05, 0.1) is 16.9 Å². The molecular formula is C18H13F4N3O2. The van der Waals surface area contributed by atoms with Crippen molar-refractivity contribution in [2.75, 3.05) is 0 Å². The van der Waals surface area contributed by atoms with E-state index in [1.165, 1.54) is 48.3 Å². The Bertz CT molecular complexity index is 1030. The number of aromatic amines is 1. The van der Waals surface area contributed by atoms with Crippen molar-refractivity contribution in [1.29, 1.82) is 0 Å². The molecule has 1 aromatic heterocycles. The average molecular weight is 379 g/mol. The minimum Gasteiger partial charge on any atom is -0.406 e. The first-order chi connectivity index (χ1) is 12.7. The summed E-state index contributed by atoms with van der Waals surface area (Å²) in [7, 11) is 1.51. The Morgan fingerprint density at radius 2 is 1.85 bits per heavy atom. The number of halogens is 4. The number of aliphatic imine (C=N–C) groups is 1. The van der Waals surface area contributed by atoms with Crippen molar-refractivity contribution >= 4 is 11.9 Å². The molecule has 3 aromatic rings. The fourth-order valence-electron chi connectivity index (χ4n) is 2.42. The second-order valence-electron chi connectivity index (χ2n) is 5.57. The average Bonchev–Trinajstić information content (AvgIpc) is 2.88. The van der Waals surface area contributed by atoms with Crippen molar-refractivity contribution in [1.82, 2.24) is 9.78 Å².